The third-order valence-corrected chi connectivity index (χ3v) is 1.88. The molecule has 0 saturated heterocycles. The van der Waals surface area contributed by atoms with Crippen LogP contribution in [0.1, 0.15) is 6.92 Å². The molecule has 0 aliphatic carbocycles. The standard InChI is InChI=1S/C12H10.C2H5.FH.Sn.H/c1-3-7-11(8-4-1)12-9-5-2-6-10-12;1-2;;;/h1-10H;1H2,2H3;1H;;. The second-order valence-corrected chi connectivity index (χ2v) is 5.47. The Balaban J connectivity index is 0.000000511. The summed E-state index contributed by atoms with van der Waals surface area (Å²) in [5.41, 5.74) is 2.55. The third kappa shape index (κ3) is 5.31. The Morgan fingerprint density at radius 2 is 1.00 bits per heavy atom. The molecule has 2 heteroatoms. The van der Waals surface area contributed by atoms with E-state index in [0.29, 0.717) is 0 Å². The van der Waals surface area contributed by atoms with E-state index in [9.17, 15) is 0 Å². The van der Waals surface area contributed by atoms with Crippen molar-refractivity contribution in [1.82, 2.24) is 0 Å². The molecular weight excluding hydrogens is 306 g/mol. The first-order chi connectivity index (χ1) is 7.38. The molecule has 0 N–H and O–H groups in total. The maximum atomic E-state index is 2.18. The zero-order valence-corrected chi connectivity index (χ0v) is 12.8. The molecule has 0 unspecified atom stereocenters. The molecule has 2 radical (unpaired) electrons. The third-order valence-electron chi connectivity index (χ3n) is 1.88. The molecule has 0 heterocycles. The molecule has 0 aromatic heterocycles. The van der Waals surface area contributed by atoms with Crippen LogP contribution in [0, 0.1) is 0 Å². The molecule has 0 amide bonds. The van der Waals surface area contributed by atoms with Crippen LogP contribution in [-0.2, 0) is 0 Å². The van der Waals surface area contributed by atoms with Gasteiger partial charge in [0.1, 0.15) is 0 Å². The van der Waals surface area contributed by atoms with E-state index >= 15 is 0 Å². The summed E-state index contributed by atoms with van der Waals surface area (Å²) in [7, 11) is 0. The first kappa shape index (κ1) is 15.2. The summed E-state index contributed by atoms with van der Waals surface area (Å²) < 4.78 is 1.38. The zero-order chi connectivity index (χ0) is 10.9. The summed E-state index contributed by atoms with van der Waals surface area (Å²) >= 11 is 1.42. The van der Waals surface area contributed by atoms with Gasteiger partial charge in [-0.3, -0.25) is 4.70 Å². The van der Waals surface area contributed by atoms with E-state index in [0.717, 1.165) is 0 Å². The van der Waals surface area contributed by atoms with Crippen LogP contribution < -0.4 is 0 Å². The molecule has 0 saturated carbocycles. The van der Waals surface area contributed by atoms with Crippen LogP contribution in [0.2, 0.25) is 4.44 Å². The second-order valence-electron chi connectivity index (χ2n) is 3.14. The Kier molecular flexibility index (Phi) is 8.91. The summed E-state index contributed by atoms with van der Waals surface area (Å²) in [6.07, 6.45) is 0. The molecule has 0 atom stereocenters. The van der Waals surface area contributed by atoms with E-state index in [1.165, 1.54) is 38.1 Å². The molecule has 0 aliphatic rings. The number of rotatable bonds is 1. The van der Waals surface area contributed by atoms with Gasteiger partial charge < -0.3 is 0 Å². The fourth-order valence-corrected chi connectivity index (χ4v) is 1.26. The van der Waals surface area contributed by atoms with E-state index in [-0.39, 0.29) is 4.70 Å². The van der Waals surface area contributed by atoms with Crippen LogP contribution in [0.25, 0.3) is 11.1 Å². The summed E-state index contributed by atoms with van der Waals surface area (Å²) in [4.78, 5) is 0. The van der Waals surface area contributed by atoms with Gasteiger partial charge in [0, 0.05) is 0 Å². The van der Waals surface area contributed by atoms with Crippen LogP contribution in [0.3, 0.4) is 0 Å². The quantitative estimate of drug-likeness (QED) is 0.700. The average molecular weight is 323 g/mol. The number of halogens is 1. The molecule has 0 nitrogen and oxygen atoms in total. The van der Waals surface area contributed by atoms with Gasteiger partial charge in [0.15, 0.2) is 0 Å². The molecule has 0 aliphatic heterocycles. The predicted octanol–water partition coefficient (Wildman–Crippen LogP) is 3.83. The normalized spacial score (nSPS) is 8.38. The average Bonchev–Trinajstić information content (AvgIpc) is 2.32. The van der Waals surface area contributed by atoms with Crippen molar-refractivity contribution in [2.75, 3.05) is 0 Å². The van der Waals surface area contributed by atoms with Crippen LogP contribution >= 0.6 is 0 Å². The summed E-state index contributed by atoms with van der Waals surface area (Å²) in [5.74, 6) is 0. The van der Waals surface area contributed by atoms with Crippen molar-refractivity contribution < 1.29 is 4.70 Å². The van der Waals surface area contributed by atoms with E-state index in [2.05, 4.69) is 55.5 Å². The Morgan fingerprint density at radius 3 is 1.25 bits per heavy atom. The van der Waals surface area contributed by atoms with Gasteiger partial charge in [-0.1, -0.05) is 60.7 Å². The largest absolute Gasteiger partial charge is 0.269 e. The van der Waals surface area contributed by atoms with E-state index in [1.807, 2.05) is 12.1 Å². The minimum absolute atomic E-state index is 0. The first-order valence-corrected chi connectivity index (χ1v) is 7.52. The predicted molar refractivity (Wildman–Crippen MR) is 72.0 cm³/mol. The van der Waals surface area contributed by atoms with Crippen molar-refractivity contribution >= 4 is 22.5 Å². The van der Waals surface area contributed by atoms with Crippen molar-refractivity contribution in [3.63, 3.8) is 0 Å². The molecule has 0 bridgehead atoms. The molecule has 2 aromatic carbocycles. The van der Waals surface area contributed by atoms with Gasteiger partial charge in [-0.2, -0.15) is 0 Å². The van der Waals surface area contributed by atoms with Gasteiger partial charge in [-0.25, -0.2) is 0 Å². The zero-order valence-electron chi connectivity index (χ0n) is 9.47. The Bertz CT molecular complexity index is 322. The van der Waals surface area contributed by atoms with E-state index < -0.39 is 0 Å². The van der Waals surface area contributed by atoms with Crippen molar-refractivity contribution in [1.29, 1.82) is 0 Å². The second kappa shape index (κ2) is 9.40. The number of benzene rings is 2. The van der Waals surface area contributed by atoms with Crippen LogP contribution in [0.15, 0.2) is 60.7 Å². The van der Waals surface area contributed by atoms with Crippen molar-refractivity contribution in [2.45, 2.75) is 11.4 Å². The first-order valence-electron chi connectivity index (χ1n) is 5.19. The van der Waals surface area contributed by atoms with Crippen LogP contribution in [0.4, 0.5) is 4.70 Å². The SMILES string of the molecule is C[CH2][SnH].F.c1ccc(-c2ccccc2)cc1. The Labute approximate surface area is 110 Å². The van der Waals surface area contributed by atoms with Gasteiger partial charge in [-0.05, 0) is 11.1 Å². The minimum Gasteiger partial charge on any atom is -0.269 e. The molecule has 84 valence electrons. The Hall–Kier alpha value is -0.831. The minimum atomic E-state index is 0. The summed E-state index contributed by atoms with van der Waals surface area (Å²) in [6.45, 7) is 2.18. The van der Waals surface area contributed by atoms with Gasteiger partial charge in [0.2, 0.25) is 0 Å². The fourth-order valence-electron chi connectivity index (χ4n) is 1.26. The molecule has 2 rings (SSSR count). The molecule has 0 fully saturated rings. The topological polar surface area (TPSA) is 0 Å². The maximum absolute atomic E-state index is 2.18. The Morgan fingerprint density at radius 1 is 0.750 bits per heavy atom. The van der Waals surface area contributed by atoms with Crippen molar-refractivity contribution in [3.05, 3.63) is 60.7 Å². The molecular formula is C14H17FSn. The molecule has 2 aromatic rings. The fraction of sp³-hybridized carbons (Fsp3) is 0.143. The monoisotopic (exact) mass is 324 g/mol. The maximum Gasteiger partial charge on any atom is -0.0184 e. The van der Waals surface area contributed by atoms with Gasteiger partial charge >= 0.3 is 33.9 Å². The van der Waals surface area contributed by atoms with Crippen molar-refractivity contribution in [3.8, 4) is 11.1 Å². The van der Waals surface area contributed by atoms with Gasteiger partial charge in [-0.15, -0.1) is 0 Å². The van der Waals surface area contributed by atoms with Crippen LogP contribution in [0.5, 0.6) is 0 Å². The molecule has 0 spiro atoms. The van der Waals surface area contributed by atoms with Gasteiger partial charge in [0.25, 0.3) is 0 Å². The summed E-state index contributed by atoms with van der Waals surface area (Å²) in [5, 5.41) is 0. The van der Waals surface area contributed by atoms with Gasteiger partial charge in [0.05, 0.1) is 0 Å². The van der Waals surface area contributed by atoms with Crippen LogP contribution in [-0.4, -0.2) is 22.5 Å². The number of hydrogen-bond acceptors (Lipinski definition) is 0. The van der Waals surface area contributed by atoms with E-state index in [1.54, 1.807) is 0 Å². The van der Waals surface area contributed by atoms with E-state index in [4.69, 9.17) is 0 Å². The smallest absolute Gasteiger partial charge is 0.0184 e. The summed E-state index contributed by atoms with van der Waals surface area (Å²) in [6, 6.07) is 20.8. The van der Waals surface area contributed by atoms with Crippen molar-refractivity contribution in [2.24, 2.45) is 0 Å². The number of hydrogen-bond donors (Lipinski definition) is 0. The molecule has 16 heavy (non-hydrogen) atoms.